The molecule has 0 spiro atoms. The standard InChI is InChI=1S/C15H29N/c1-4-16-15(13-6-5-7-13)14-9-11(2)8-12(3)10-14/h11-16H,4-10H2,1-3H3. The Balaban J connectivity index is 1.94. The second kappa shape index (κ2) is 5.53. The monoisotopic (exact) mass is 223 g/mol. The lowest BCUT2D eigenvalue weighted by atomic mass is 9.67. The minimum Gasteiger partial charge on any atom is -0.314 e. The van der Waals surface area contributed by atoms with Crippen LogP contribution in [0.1, 0.15) is 59.3 Å². The van der Waals surface area contributed by atoms with Gasteiger partial charge in [0.15, 0.2) is 0 Å². The van der Waals surface area contributed by atoms with Gasteiger partial charge >= 0.3 is 0 Å². The summed E-state index contributed by atoms with van der Waals surface area (Å²) < 4.78 is 0. The fraction of sp³-hybridized carbons (Fsp3) is 1.00. The van der Waals surface area contributed by atoms with Crippen molar-refractivity contribution in [2.24, 2.45) is 23.7 Å². The van der Waals surface area contributed by atoms with Crippen LogP contribution >= 0.6 is 0 Å². The van der Waals surface area contributed by atoms with E-state index in [2.05, 4.69) is 26.1 Å². The Bertz CT molecular complexity index is 199. The summed E-state index contributed by atoms with van der Waals surface area (Å²) in [6.07, 6.45) is 8.84. The van der Waals surface area contributed by atoms with Crippen LogP contribution in [-0.2, 0) is 0 Å². The molecule has 0 saturated heterocycles. The summed E-state index contributed by atoms with van der Waals surface area (Å²) in [5, 5.41) is 3.80. The first kappa shape index (κ1) is 12.4. The molecule has 2 rings (SSSR count). The molecular weight excluding hydrogens is 194 g/mol. The summed E-state index contributed by atoms with van der Waals surface area (Å²) >= 11 is 0. The molecule has 2 aliphatic rings. The highest BCUT2D eigenvalue weighted by molar-refractivity contribution is 4.90. The van der Waals surface area contributed by atoms with Crippen molar-refractivity contribution in [2.75, 3.05) is 6.54 Å². The third-order valence-electron chi connectivity index (χ3n) is 4.82. The molecule has 1 N–H and O–H groups in total. The predicted octanol–water partition coefficient (Wildman–Crippen LogP) is 3.84. The Hall–Kier alpha value is -0.0400. The largest absolute Gasteiger partial charge is 0.314 e. The maximum Gasteiger partial charge on any atom is 0.0124 e. The fourth-order valence-electron chi connectivity index (χ4n) is 4.06. The van der Waals surface area contributed by atoms with Gasteiger partial charge in [-0.25, -0.2) is 0 Å². The van der Waals surface area contributed by atoms with Gasteiger partial charge in [0, 0.05) is 6.04 Å². The lowest BCUT2D eigenvalue weighted by Crippen LogP contribution is -2.47. The van der Waals surface area contributed by atoms with Crippen LogP contribution in [0.5, 0.6) is 0 Å². The van der Waals surface area contributed by atoms with Crippen molar-refractivity contribution < 1.29 is 0 Å². The minimum atomic E-state index is 0.837. The van der Waals surface area contributed by atoms with E-state index in [-0.39, 0.29) is 0 Å². The van der Waals surface area contributed by atoms with Crippen LogP contribution in [0.25, 0.3) is 0 Å². The normalized spacial score (nSPS) is 38.1. The van der Waals surface area contributed by atoms with E-state index < -0.39 is 0 Å². The van der Waals surface area contributed by atoms with Crippen LogP contribution in [-0.4, -0.2) is 12.6 Å². The van der Waals surface area contributed by atoms with E-state index in [1.165, 1.54) is 38.5 Å². The Morgan fingerprint density at radius 2 is 1.62 bits per heavy atom. The lowest BCUT2D eigenvalue weighted by molar-refractivity contribution is 0.110. The second-order valence-corrected chi connectivity index (χ2v) is 6.45. The molecule has 0 radical (unpaired) electrons. The highest BCUT2D eigenvalue weighted by Crippen LogP contribution is 2.41. The summed E-state index contributed by atoms with van der Waals surface area (Å²) in [6.45, 7) is 8.32. The Kier molecular flexibility index (Phi) is 4.29. The van der Waals surface area contributed by atoms with Gasteiger partial charge < -0.3 is 5.32 Å². The van der Waals surface area contributed by atoms with Crippen molar-refractivity contribution in [1.82, 2.24) is 5.32 Å². The van der Waals surface area contributed by atoms with Crippen molar-refractivity contribution in [2.45, 2.75) is 65.3 Å². The quantitative estimate of drug-likeness (QED) is 0.763. The van der Waals surface area contributed by atoms with E-state index in [1.54, 1.807) is 0 Å². The summed E-state index contributed by atoms with van der Waals surface area (Å²) in [7, 11) is 0. The van der Waals surface area contributed by atoms with E-state index in [1.807, 2.05) is 0 Å². The van der Waals surface area contributed by atoms with Gasteiger partial charge in [-0.05, 0) is 62.3 Å². The first-order valence-electron chi connectivity index (χ1n) is 7.44. The van der Waals surface area contributed by atoms with Crippen molar-refractivity contribution in [3.8, 4) is 0 Å². The van der Waals surface area contributed by atoms with Gasteiger partial charge in [0.2, 0.25) is 0 Å². The molecule has 3 unspecified atom stereocenters. The van der Waals surface area contributed by atoms with Crippen LogP contribution in [0.4, 0.5) is 0 Å². The third kappa shape index (κ3) is 2.80. The summed E-state index contributed by atoms with van der Waals surface area (Å²) in [6, 6.07) is 0.837. The lowest BCUT2D eigenvalue weighted by Gasteiger charge is -2.43. The van der Waals surface area contributed by atoms with Crippen molar-refractivity contribution in [3.05, 3.63) is 0 Å². The SMILES string of the molecule is CCNC(C1CCC1)C1CC(C)CC(C)C1. The van der Waals surface area contributed by atoms with E-state index in [0.717, 1.165) is 36.3 Å². The molecule has 0 bridgehead atoms. The maximum atomic E-state index is 3.80. The van der Waals surface area contributed by atoms with Crippen molar-refractivity contribution in [1.29, 1.82) is 0 Å². The summed E-state index contributed by atoms with van der Waals surface area (Å²) in [4.78, 5) is 0. The number of rotatable bonds is 4. The van der Waals surface area contributed by atoms with Crippen molar-refractivity contribution in [3.63, 3.8) is 0 Å². The zero-order valence-corrected chi connectivity index (χ0v) is 11.3. The number of nitrogens with one attached hydrogen (secondary N) is 1. The molecule has 0 aromatic rings. The minimum absolute atomic E-state index is 0.837. The fourth-order valence-corrected chi connectivity index (χ4v) is 4.06. The molecular formula is C15H29N. The molecule has 16 heavy (non-hydrogen) atoms. The van der Waals surface area contributed by atoms with E-state index in [4.69, 9.17) is 0 Å². The highest BCUT2D eigenvalue weighted by Gasteiger charge is 2.36. The maximum absolute atomic E-state index is 3.80. The molecule has 0 aliphatic heterocycles. The van der Waals surface area contributed by atoms with Crippen molar-refractivity contribution >= 4 is 0 Å². The summed E-state index contributed by atoms with van der Waals surface area (Å²) in [5.41, 5.74) is 0. The van der Waals surface area contributed by atoms with E-state index >= 15 is 0 Å². The summed E-state index contributed by atoms with van der Waals surface area (Å²) in [5.74, 6) is 3.87. The molecule has 1 heteroatoms. The Labute approximate surface area is 101 Å². The zero-order chi connectivity index (χ0) is 11.5. The van der Waals surface area contributed by atoms with Gasteiger partial charge in [0.1, 0.15) is 0 Å². The first-order chi connectivity index (χ1) is 7.70. The molecule has 0 heterocycles. The van der Waals surface area contributed by atoms with Crippen LogP contribution in [0.2, 0.25) is 0 Å². The van der Waals surface area contributed by atoms with Gasteiger partial charge in [0.25, 0.3) is 0 Å². The molecule has 94 valence electrons. The molecule has 1 nitrogen and oxygen atoms in total. The first-order valence-corrected chi connectivity index (χ1v) is 7.44. The van der Waals surface area contributed by atoms with Crippen LogP contribution in [0.3, 0.4) is 0 Å². The molecule has 2 fully saturated rings. The smallest absolute Gasteiger partial charge is 0.0124 e. The topological polar surface area (TPSA) is 12.0 Å². The van der Waals surface area contributed by atoms with Gasteiger partial charge in [-0.3, -0.25) is 0 Å². The Morgan fingerprint density at radius 3 is 2.06 bits per heavy atom. The van der Waals surface area contributed by atoms with Crippen LogP contribution in [0, 0.1) is 23.7 Å². The van der Waals surface area contributed by atoms with E-state index in [0.29, 0.717) is 0 Å². The average Bonchev–Trinajstić information content (AvgIpc) is 2.12. The molecule has 0 aromatic heterocycles. The third-order valence-corrected chi connectivity index (χ3v) is 4.82. The molecule has 3 atom stereocenters. The predicted molar refractivity (Wildman–Crippen MR) is 70.5 cm³/mol. The van der Waals surface area contributed by atoms with Gasteiger partial charge in [-0.15, -0.1) is 0 Å². The second-order valence-electron chi connectivity index (χ2n) is 6.45. The zero-order valence-electron chi connectivity index (χ0n) is 11.3. The molecule has 0 amide bonds. The van der Waals surface area contributed by atoms with E-state index in [9.17, 15) is 0 Å². The average molecular weight is 223 g/mol. The van der Waals surface area contributed by atoms with Gasteiger partial charge in [-0.2, -0.15) is 0 Å². The van der Waals surface area contributed by atoms with Crippen LogP contribution in [0.15, 0.2) is 0 Å². The highest BCUT2D eigenvalue weighted by atomic mass is 14.9. The Morgan fingerprint density at radius 1 is 1.00 bits per heavy atom. The van der Waals surface area contributed by atoms with Gasteiger partial charge in [-0.1, -0.05) is 27.2 Å². The molecule has 0 aromatic carbocycles. The molecule has 2 saturated carbocycles. The van der Waals surface area contributed by atoms with Crippen LogP contribution < -0.4 is 5.32 Å². The van der Waals surface area contributed by atoms with Gasteiger partial charge in [0.05, 0.1) is 0 Å². The number of hydrogen-bond acceptors (Lipinski definition) is 1. The number of hydrogen-bond donors (Lipinski definition) is 1. The molecule has 2 aliphatic carbocycles.